The number of phenols is 2. The number of hydrogen-bond donors (Lipinski definition) is 4. The van der Waals surface area contributed by atoms with Crippen LogP contribution in [0.2, 0.25) is 10.0 Å². The molecule has 3 rings (SSSR count). The molecule has 29 heavy (non-hydrogen) atoms. The number of hydrogen-bond acceptors (Lipinski definition) is 7. The second-order valence-electron chi connectivity index (χ2n) is 6.54. The SMILES string of the molecule is CNC(C=O)(CNc1nc(-c2ccc(Cl)c(Cl)c2)cs1)Cc1ccc(O)c(O)c1. The zero-order valence-electron chi connectivity index (χ0n) is 15.4. The van der Waals surface area contributed by atoms with Crippen LogP contribution < -0.4 is 10.6 Å². The molecule has 0 spiro atoms. The van der Waals surface area contributed by atoms with Gasteiger partial charge in [0.15, 0.2) is 16.6 Å². The number of anilines is 1. The summed E-state index contributed by atoms with van der Waals surface area (Å²) in [5, 5.41) is 28.9. The van der Waals surface area contributed by atoms with E-state index in [9.17, 15) is 15.0 Å². The van der Waals surface area contributed by atoms with Crippen LogP contribution in [0.4, 0.5) is 5.13 Å². The minimum atomic E-state index is -0.918. The lowest BCUT2D eigenvalue weighted by molar-refractivity contribution is -0.112. The molecule has 152 valence electrons. The van der Waals surface area contributed by atoms with E-state index in [0.29, 0.717) is 27.2 Å². The molecule has 4 N–H and O–H groups in total. The fraction of sp³-hybridized carbons (Fsp3) is 0.200. The molecule has 0 fully saturated rings. The van der Waals surface area contributed by atoms with Crippen LogP contribution in [-0.4, -0.2) is 40.6 Å². The van der Waals surface area contributed by atoms with Gasteiger partial charge in [0.25, 0.3) is 0 Å². The van der Waals surface area contributed by atoms with Crippen LogP contribution in [0.3, 0.4) is 0 Å². The first kappa shape index (κ1) is 21.4. The van der Waals surface area contributed by atoms with Crippen molar-refractivity contribution in [3.05, 3.63) is 57.4 Å². The van der Waals surface area contributed by atoms with Gasteiger partial charge in [0, 0.05) is 17.5 Å². The Balaban J connectivity index is 1.73. The summed E-state index contributed by atoms with van der Waals surface area (Å²) in [6.45, 7) is 0.281. The second kappa shape index (κ2) is 9.00. The summed E-state index contributed by atoms with van der Waals surface area (Å²) in [4.78, 5) is 16.4. The first-order valence-electron chi connectivity index (χ1n) is 8.67. The standard InChI is InChI=1S/C20H19Cl2N3O3S/c1-23-20(11-26,8-12-2-5-17(27)18(28)6-12)10-24-19-25-16(9-29-19)13-3-4-14(21)15(22)7-13/h2-7,9,11,23,27-28H,8,10H2,1H3,(H,24,25). The van der Waals surface area contributed by atoms with Crippen molar-refractivity contribution in [2.24, 2.45) is 0 Å². The number of aromatic nitrogens is 1. The van der Waals surface area contributed by atoms with Gasteiger partial charge in [-0.1, -0.05) is 35.3 Å². The van der Waals surface area contributed by atoms with Crippen molar-refractivity contribution in [3.8, 4) is 22.8 Å². The van der Waals surface area contributed by atoms with Gasteiger partial charge in [0.1, 0.15) is 6.29 Å². The predicted molar refractivity (Wildman–Crippen MR) is 117 cm³/mol. The van der Waals surface area contributed by atoms with E-state index in [1.54, 1.807) is 25.2 Å². The van der Waals surface area contributed by atoms with E-state index in [1.165, 1.54) is 23.5 Å². The number of thiazole rings is 1. The lowest BCUT2D eigenvalue weighted by atomic mass is 9.92. The van der Waals surface area contributed by atoms with Crippen LogP contribution in [0.1, 0.15) is 5.56 Å². The highest BCUT2D eigenvalue weighted by molar-refractivity contribution is 7.14. The largest absolute Gasteiger partial charge is 0.504 e. The van der Waals surface area contributed by atoms with Crippen LogP contribution in [-0.2, 0) is 11.2 Å². The molecule has 0 amide bonds. The Kier molecular flexibility index (Phi) is 6.64. The number of likely N-dealkylation sites (N-methyl/N-ethyl adjacent to an activating group) is 1. The predicted octanol–water partition coefficient (Wildman–Crippen LogP) is 4.34. The maximum absolute atomic E-state index is 11.9. The van der Waals surface area contributed by atoms with E-state index in [1.807, 2.05) is 11.4 Å². The van der Waals surface area contributed by atoms with Gasteiger partial charge in [0.2, 0.25) is 0 Å². The van der Waals surface area contributed by atoms with Crippen LogP contribution in [0.5, 0.6) is 11.5 Å². The third-order valence-corrected chi connectivity index (χ3v) is 6.10. The molecule has 1 heterocycles. The van der Waals surface area contributed by atoms with E-state index in [0.717, 1.165) is 17.5 Å². The lowest BCUT2D eigenvalue weighted by Gasteiger charge is -2.28. The van der Waals surface area contributed by atoms with Crippen LogP contribution in [0, 0.1) is 0 Å². The Hall–Kier alpha value is -2.32. The quantitative estimate of drug-likeness (QED) is 0.300. The average Bonchev–Trinajstić information content (AvgIpc) is 3.19. The molecule has 0 saturated heterocycles. The molecule has 1 unspecified atom stereocenters. The number of aldehydes is 1. The number of halogens is 2. The molecule has 2 aromatic carbocycles. The zero-order valence-corrected chi connectivity index (χ0v) is 17.8. The van der Waals surface area contributed by atoms with Crippen LogP contribution in [0.15, 0.2) is 41.8 Å². The monoisotopic (exact) mass is 451 g/mol. The fourth-order valence-corrected chi connectivity index (χ4v) is 3.82. The minimum Gasteiger partial charge on any atom is -0.504 e. The van der Waals surface area contributed by atoms with Crippen molar-refractivity contribution in [1.82, 2.24) is 10.3 Å². The van der Waals surface area contributed by atoms with Gasteiger partial charge < -0.3 is 25.6 Å². The lowest BCUT2D eigenvalue weighted by Crippen LogP contribution is -2.52. The fourth-order valence-electron chi connectivity index (χ4n) is 2.80. The maximum atomic E-state index is 11.9. The highest BCUT2D eigenvalue weighted by Gasteiger charge is 2.29. The zero-order chi connectivity index (χ0) is 21.0. The van der Waals surface area contributed by atoms with Gasteiger partial charge in [-0.3, -0.25) is 0 Å². The molecule has 6 nitrogen and oxygen atoms in total. The Bertz CT molecular complexity index is 1030. The van der Waals surface area contributed by atoms with Crippen molar-refractivity contribution in [3.63, 3.8) is 0 Å². The Labute approximate surface area is 182 Å². The van der Waals surface area contributed by atoms with Crippen molar-refractivity contribution in [1.29, 1.82) is 0 Å². The van der Waals surface area contributed by atoms with Crippen molar-refractivity contribution in [2.45, 2.75) is 12.0 Å². The van der Waals surface area contributed by atoms with E-state index in [2.05, 4.69) is 15.6 Å². The first-order chi connectivity index (χ1) is 13.9. The molecule has 1 atom stereocenters. The van der Waals surface area contributed by atoms with E-state index in [4.69, 9.17) is 23.2 Å². The molecule has 0 aliphatic rings. The van der Waals surface area contributed by atoms with Gasteiger partial charge in [-0.15, -0.1) is 11.3 Å². The summed E-state index contributed by atoms with van der Waals surface area (Å²) in [6, 6.07) is 9.81. The minimum absolute atomic E-state index is 0.203. The Morgan fingerprint density at radius 1 is 1.14 bits per heavy atom. The van der Waals surface area contributed by atoms with Crippen LogP contribution >= 0.6 is 34.5 Å². The van der Waals surface area contributed by atoms with Gasteiger partial charge in [0.05, 0.1) is 21.3 Å². The van der Waals surface area contributed by atoms with E-state index in [-0.39, 0.29) is 18.0 Å². The number of benzene rings is 2. The summed E-state index contributed by atoms with van der Waals surface area (Å²) < 4.78 is 0. The maximum Gasteiger partial charge on any atom is 0.183 e. The molecule has 1 aromatic heterocycles. The van der Waals surface area contributed by atoms with Gasteiger partial charge in [-0.05, 0) is 43.3 Å². The molecule has 0 aliphatic heterocycles. The highest BCUT2D eigenvalue weighted by Crippen LogP contribution is 2.31. The van der Waals surface area contributed by atoms with E-state index >= 15 is 0 Å². The van der Waals surface area contributed by atoms with E-state index < -0.39 is 5.54 Å². The second-order valence-corrected chi connectivity index (χ2v) is 8.22. The number of nitrogens with zero attached hydrogens (tertiary/aromatic N) is 1. The summed E-state index contributed by atoms with van der Waals surface area (Å²) >= 11 is 13.4. The number of carbonyl (C=O) groups excluding carboxylic acids is 1. The summed E-state index contributed by atoms with van der Waals surface area (Å²) in [6.07, 6.45) is 1.15. The number of rotatable bonds is 8. The van der Waals surface area contributed by atoms with Crippen LogP contribution in [0.25, 0.3) is 11.3 Å². The summed E-state index contributed by atoms with van der Waals surface area (Å²) in [5.41, 5.74) is 1.39. The topological polar surface area (TPSA) is 94.5 Å². The highest BCUT2D eigenvalue weighted by atomic mass is 35.5. The number of phenolic OH excluding ortho intramolecular Hbond substituents is 2. The van der Waals surface area contributed by atoms with Crippen molar-refractivity contribution >= 4 is 46.0 Å². The molecular formula is C20H19Cl2N3O3S. The summed E-state index contributed by atoms with van der Waals surface area (Å²) in [7, 11) is 1.69. The molecule has 0 bridgehead atoms. The molecule has 0 radical (unpaired) electrons. The number of carbonyl (C=O) groups is 1. The Morgan fingerprint density at radius 2 is 1.93 bits per heavy atom. The van der Waals surface area contributed by atoms with Gasteiger partial charge in [-0.2, -0.15) is 0 Å². The molecule has 0 saturated carbocycles. The normalized spacial score (nSPS) is 13.1. The van der Waals surface area contributed by atoms with Gasteiger partial charge in [-0.25, -0.2) is 4.98 Å². The molecular weight excluding hydrogens is 433 g/mol. The first-order valence-corrected chi connectivity index (χ1v) is 10.3. The van der Waals surface area contributed by atoms with Crippen molar-refractivity contribution in [2.75, 3.05) is 18.9 Å². The van der Waals surface area contributed by atoms with Crippen molar-refractivity contribution < 1.29 is 15.0 Å². The third kappa shape index (κ3) is 5.00. The summed E-state index contributed by atoms with van der Waals surface area (Å²) in [5.74, 6) is -0.428. The number of nitrogens with one attached hydrogen (secondary N) is 2. The smallest absolute Gasteiger partial charge is 0.183 e. The Morgan fingerprint density at radius 3 is 2.59 bits per heavy atom. The third-order valence-electron chi connectivity index (χ3n) is 4.56. The number of aromatic hydroxyl groups is 2. The average molecular weight is 452 g/mol. The molecule has 9 heteroatoms. The van der Waals surface area contributed by atoms with Gasteiger partial charge >= 0.3 is 0 Å². The molecule has 0 aliphatic carbocycles. The molecule has 3 aromatic rings.